The highest BCUT2D eigenvalue weighted by molar-refractivity contribution is 7.80. The summed E-state index contributed by atoms with van der Waals surface area (Å²) in [4.78, 5) is 24.4. The Morgan fingerprint density at radius 2 is 2.16 bits per heavy atom. The molecule has 1 aliphatic rings. The number of rotatable bonds is 3. The summed E-state index contributed by atoms with van der Waals surface area (Å²) in [7, 11) is 1.74. The number of nitrogens with zero attached hydrogens (tertiary/aromatic N) is 4. The van der Waals surface area contributed by atoms with Crippen LogP contribution in [0.3, 0.4) is 0 Å². The zero-order valence-electron chi connectivity index (χ0n) is 13.2. The first-order chi connectivity index (χ1) is 11.8. The van der Waals surface area contributed by atoms with Crippen molar-refractivity contribution in [2.45, 2.75) is 6.92 Å². The fraction of sp³-hybridized carbons (Fsp3) is 0.133. The number of amides is 1. The average molecular weight is 378 g/mol. The van der Waals surface area contributed by atoms with Gasteiger partial charge in [0.15, 0.2) is 5.11 Å². The second kappa shape index (κ2) is 6.26. The number of nitro benzene ring substituents is 1. The van der Waals surface area contributed by atoms with Crippen LogP contribution in [0, 0.1) is 17.0 Å². The van der Waals surface area contributed by atoms with Gasteiger partial charge in [0.05, 0.1) is 16.3 Å². The quantitative estimate of drug-likeness (QED) is 0.382. The molecule has 8 nitrogen and oxygen atoms in total. The van der Waals surface area contributed by atoms with Crippen LogP contribution in [-0.4, -0.2) is 25.7 Å². The largest absolute Gasteiger partial charge is 0.327 e. The number of anilines is 1. The van der Waals surface area contributed by atoms with Gasteiger partial charge in [-0.1, -0.05) is 11.6 Å². The molecule has 0 spiro atoms. The second-order valence-corrected chi connectivity index (χ2v) is 6.16. The number of halogens is 1. The topological polar surface area (TPSA) is 93.3 Å². The van der Waals surface area contributed by atoms with Gasteiger partial charge >= 0.3 is 0 Å². The Morgan fingerprint density at radius 3 is 2.76 bits per heavy atom. The molecule has 25 heavy (non-hydrogen) atoms. The number of hydrogen-bond acceptors (Lipinski definition) is 5. The number of non-ortho nitro benzene ring substituents is 1. The Morgan fingerprint density at radius 1 is 1.44 bits per heavy atom. The molecule has 2 aromatic rings. The van der Waals surface area contributed by atoms with Gasteiger partial charge in [0.25, 0.3) is 11.6 Å². The lowest BCUT2D eigenvalue weighted by Crippen LogP contribution is -2.30. The summed E-state index contributed by atoms with van der Waals surface area (Å²) in [6.45, 7) is 1.77. The molecule has 0 aliphatic carbocycles. The van der Waals surface area contributed by atoms with Crippen molar-refractivity contribution in [3.8, 4) is 0 Å². The van der Waals surface area contributed by atoms with Crippen LogP contribution in [0.15, 0.2) is 30.1 Å². The third-order valence-electron chi connectivity index (χ3n) is 3.60. The number of hydrogen-bond donors (Lipinski definition) is 1. The minimum Gasteiger partial charge on any atom is -0.327 e. The molecule has 1 fully saturated rings. The number of carbonyl (C=O) groups is 1. The van der Waals surface area contributed by atoms with Gasteiger partial charge in [-0.2, -0.15) is 5.10 Å². The predicted octanol–water partition coefficient (Wildman–Crippen LogP) is 2.55. The SMILES string of the molecule is Cc1nn(C)cc1N1C(=O)/C(=C\c2cc([N+](=O)[O-])ccc2Cl)NC1=S. The maximum absolute atomic E-state index is 12.7. The second-order valence-electron chi connectivity index (χ2n) is 5.37. The van der Waals surface area contributed by atoms with Crippen LogP contribution in [0.1, 0.15) is 11.3 Å². The van der Waals surface area contributed by atoms with Crippen LogP contribution >= 0.6 is 23.8 Å². The van der Waals surface area contributed by atoms with E-state index in [9.17, 15) is 14.9 Å². The van der Waals surface area contributed by atoms with Crippen LogP contribution in [0.4, 0.5) is 11.4 Å². The molecular formula is C15H12ClN5O3S. The number of carbonyl (C=O) groups excluding carboxylic acids is 1. The Bertz CT molecular complexity index is 953. The standard InChI is InChI=1S/C15H12ClN5O3S/c1-8-13(7-19(2)18-8)20-14(22)12(17-15(20)25)6-9-5-10(21(23)24)3-4-11(9)16/h3-7H,1-2H3,(H,17,25)/b12-6+. The number of nitro groups is 1. The predicted molar refractivity (Wildman–Crippen MR) is 97.2 cm³/mol. The van der Waals surface area contributed by atoms with E-state index in [4.69, 9.17) is 23.8 Å². The normalized spacial score (nSPS) is 15.8. The summed E-state index contributed by atoms with van der Waals surface area (Å²) in [6, 6.07) is 4.00. The first-order valence-corrected chi connectivity index (χ1v) is 7.88. The molecule has 3 rings (SSSR count). The summed E-state index contributed by atoms with van der Waals surface area (Å²) in [5.41, 5.74) is 1.62. The van der Waals surface area contributed by atoms with Crippen molar-refractivity contribution in [2.24, 2.45) is 7.05 Å². The van der Waals surface area contributed by atoms with Gasteiger partial charge in [-0.15, -0.1) is 0 Å². The Hall–Kier alpha value is -2.78. The highest BCUT2D eigenvalue weighted by atomic mass is 35.5. The van der Waals surface area contributed by atoms with Crippen molar-refractivity contribution in [1.29, 1.82) is 0 Å². The molecular weight excluding hydrogens is 366 g/mol. The number of aromatic nitrogens is 2. The molecule has 1 aliphatic heterocycles. The molecule has 0 bridgehead atoms. The summed E-state index contributed by atoms with van der Waals surface area (Å²) < 4.78 is 1.58. The fourth-order valence-corrected chi connectivity index (χ4v) is 2.93. The van der Waals surface area contributed by atoms with E-state index in [0.717, 1.165) is 0 Å². The van der Waals surface area contributed by atoms with E-state index in [1.807, 2.05) is 0 Å². The van der Waals surface area contributed by atoms with Crippen LogP contribution in [0.5, 0.6) is 0 Å². The Balaban J connectivity index is 2.00. The Kier molecular flexibility index (Phi) is 4.27. The molecule has 1 saturated heterocycles. The first-order valence-electron chi connectivity index (χ1n) is 7.09. The zero-order chi connectivity index (χ0) is 18.3. The Labute approximate surface area is 152 Å². The third kappa shape index (κ3) is 3.11. The van der Waals surface area contributed by atoms with E-state index in [1.54, 1.807) is 24.9 Å². The molecule has 1 aromatic carbocycles. The van der Waals surface area contributed by atoms with Crippen molar-refractivity contribution >= 4 is 52.3 Å². The van der Waals surface area contributed by atoms with Crippen LogP contribution in [-0.2, 0) is 11.8 Å². The molecule has 1 aromatic heterocycles. The minimum absolute atomic E-state index is 0.121. The van der Waals surface area contributed by atoms with E-state index in [2.05, 4.69) is 10.4 Å². The fourth-order valence-electron chi connectivity index (χ4n) is 2.47. The third-order valence-corrected chi connectivity index (χ3v) is 4.23. The highest BCUT2D eigenvalue weighted by Gasteiger charge is 2.34. The number of aryl methyl sites for hydroxylation is 2. The maximum Gasteiger partial charge on any atom is 0.281 e. The molecule has 128 valence electrons. The first kappa shape index (κ1) is 17.1. The highest BCUT2D eigenvalue weighted by Crippen LogP contribution is 2.28. The van der Waals surface area contributed by atoms with Gasteiger partial charge in [-0.3, -0.25) is 19.6 Å². The van der Waals surface area contributed by atoms with Crippen molar-refractivity contribution < 1.29 is 9.72 Å². The van der Waals surface area contributed by atoms with Gasteiger partial charge < -0.3 is 5.32 Å². The van der Waals surface area contributed by atoms with Crippen LogP contribution in [0.2, 0.25) is 5.02 Å². The molecule has 1 N–H and O–H groups in total. The van der Waals surface area contributed by atoms with Crippen LogP contribution in [0.25, 0.3) is 6.08 Å². The number of benzene rings is 1. The molecule has 1 amide bonds. The summed E-state index contributed by atoms with van der Waals surface area (Å²) in [6.07, 6.45) is 3.13. The number of thiocarbonyl (C=S) groups is 1. The molecule has 0 radical (unpaired) electrons. The molecule has 0 saturated carbocycles. The summed E-state index contributed by atoms with van der Waals surface area (Å²) in [5.74, 6) is -0.385. The van der Waals surface area contributed by atoms with E-state index >= 15 is 0 Å². The number of nitrogens with one attached hydrogen (secondary N) is 1. The lowest BCUT2D eigenvalue weighted by molar-refractivity contribution is -0.384. The van der Waals surface area contributed by atoms with Crippen molar-refractivity contribution in [3.05, 3.63) is 56.5 Å². The molecule has 2 heterocycles. The smallest absolute Gasteiger partial charge is 0.281 e. The van der Waals surface area contributed by atoms with Gasteiger partial charge in [-0.25, -0.2) is 4.90 Å². The monoisotopic (exact) mass is 377 g/mol. The summed E-state index contributed by atoms with van der Waals surface area (Å²) in [5, 5.41) is 18.4. The van der Waals surface area contributed by atoms with E-state index < -0.39 is 4.92 Å². The average Bonchev–Trinajstić information content (AvgIpc) is 2.99. The molecule has 0 atom stereocenters. The lowest BCUT2D eigenvalue weighted by Gasteiger charge is -2.11. The lowest BCUT2D eigenvalue weighted by atomic mass is 10.1. The zero-order valence-corrected chi connectivity index (χ0v) is 14.8. The van der Waals surface area contributed by atoms with Gasteiger partial charge in [0.2, 0.25) is 0 Å². The van der Waals surface area contributed by atoms with Crippen molar-refractivity contribution in [1.82, 2.24) is 15.1 Å². The maximum atomic E-state index is 12.7. The van der Waals surface area contributed by atoms with Crippen LogP contribution < -0.4 is 10.2 Å². The molecule has 0 unspecified atom stereocenters. The van der Waals surface area contributed by atoms with E-state index in [1.165, 1.54) is 29.2 Å². The molecule has 10 heteroatoms. The van der Waals surface area contributed by atoms with Gasteiger partial charge in [0.1, 0.15) is 5.70 Å². The van der Waals surface area contributed by atoms with E-state index in [-0.39, 0.29) is 27.4 Å². The van der Waals surface area contributed by atoms with E-state index in [0.29, 0.717) is 16.9 Å². The van der Waals surface area contributed by atoms with Gasteiger partial charge in [-0.05, 0) is 31.3 Å². The van der Waals surface area contributed by atoms with Crippen molar-refractivity contribution in [2.75, 3.05) is 4.90 Å². The summed E-state index contributed by atoms with van der Waals surface area (Å²) >= 11 is 11.3. The van der Waals surface area contributed by atoms with Gasteiger partial charge in [0, 0.05) is 36.0 Å². The minimum atomic E-state index is -0.530. The van der Waals surface area contributed by atoms with Crippen molar-refractivity contribution in [3.63, 3.8) is 0 Å².